The third kappa shape index (κ3) is 6.03. The largest absolute Gasteiger partial charge is 0.414 e. The monoisotopic (exact) mass is 606 g/mol. The Morgan fingerprint density at radius 2 is 2.11 bits per heavy atom. The first kappa shape index (κ1) is 30.4. The summed E-state index contributed by atoms with van der Waals surface area (Å²) in [5.74, 6) is 0.362. The lowest BCUT2D eigenvalue weighted by Gasteiger charge is -2.37. The van der Waals surface area contributed by atoms with Crippen molar-refractivity contribution in [3.63, 3.8) is 0 Å². The smallest absolute Gasteiger partial charge is 0.330 e. The van der Waals surface area contributed by atoms with Crippen LogP contribution >= 0.6 is 17.1 Å². The summed E-state index contributed by atoms with van der Waals surface area (Å²) < 4.78 is 42.3. The number of nitrogens with zero attached hydrogens (tertiary/aromatic N) is 1. The number of H-pyrrole nitrogens is 1. The molecule has 3 fully saturated rings. The summed E-state index contributed by atoms with van der Waals surface area (Å²) in [4.78, 5) is 26.2. The molecule has 2 saturated heterocycles. The normalized spacial score (nSPS) is 37.8. The van der Waals surface area contributed by atoms with Crippen LogP contribution in [-0.4, -0.2) is 53.7 Å². The average molecular weight is 607 g/mol. The van der Waals surface area contributed by atoms with E-state index in [0.717, 1.165) is 35.5 Å². The molecule has 13 heteroatoms. The quantitative estimate of drug-likeness (QED) is 0.241. The van der Waals surface area contributed by atoms with Crippen LogP contribution in [0.4, 0.5) is 4.39 Å². The van der Waals surface area contributed by atoms with Gasteiger partial charge in [-0.15, -0.1) is 0 Å². The van der Waals surface area contributed by atoms with E-state index in [2.05, 4.69) is 52.4 Å². The van der Waals surface area contributed by atoms with Crippen LogP contribution in [0.2, 0.25) is 18.1 Å². The molecule has 1 aromatic rings. The third-order valence-corrected chi connectivity index (χ3v) is 18.7. The molecule has 2 aliphatic heterocycles. The summed E-state index contributed by atoms with van der Waals surface area (Å²) in [6.45, 7) is 19.0. The fourth-order valence-corrected chi connectivity index (χ4v) is 13.4. The van der Waals surface area contributed by atoms with Crippen molar-refractivity contribution in [1.82, 2.24) is 9.55 Å². The number of hydrogen-bond acceptors (Lipinski definition) is 8. The summed E-state index contributed by atoms with van der Waals surface area (Å²) in [6, 6.07) is 1.16. The van der Waals surface area contributed by atoms with Crippen molar-refractivity contribution in [2.75, 3.05) is 6.61 Å². The molecule has 4 rings (SSSR count). The van der Waals surface area contributed by atoms with E-state index in [9.17, 15) is 9.59 Å². The summed E-state index contributed by atoms with van der Waals surface area (Å²) >= 11 is 7.47. The van der Waals surface area contributed by atoms with Crippen LogP contribution in [0.15, 0.2) is 34.0 Å². The van der Waals surface area contributed by atoms with Crippen molar-refractivity contribution in [1.29, 1.82) is 0 Å². The molecule has 8 nitrogen and oxygen atoms in total. The van der Waals surface area contributed by atoms with Crippen LogP contribution in [0.1, 0.15) is 60.1 Å². The second kappa shape index (κ2) is 10.7. The minimum atomic E-state index is -2.95. The molecule has 0 aromatic carbocycles. The second-order valence-corrected chi connectivity index (χ2v) is 23.8. The lowest BCUT2D eigenvalue weighted by molar-refractivity contribution is -0.0448. The summed E-state index contributed by atoms with van der Waals surface area (Å²) in [6.07, 6.45) is -1.07. The van der Waals surface area contributed by atoms with Gasteiger partial charge in [0, 0.05) is 17.0 Å². The molecule has 214 valence electrons. The molecule has 0 radical (unpaired) electrons. The first-order chi connectivity index (χ1) is 17.4. The van der Waals surface area contributed by atoms with Crippen LogP contribution in [-0.2, 0) is 30.0 Å². The highest BCUT2D eigenvalue weighted by Crippen LogP contribution is 2.76. The van der Waals surface area contributed by atoms with Crippen molar-refractivity contribution in [2.45, 2.75) is 107 Å². The summed E-state index contributed by atoms with van der Waals surface area (Å²) in [5, 5.41) is -0.0624. The van der Waals surface area contributed by atoms with Crippen molar-refractivity contribution >= 4 is 37.2 Å². The average Bonchev–Trinajstić information content (AvgIpc) is 3.23. The predicted molar refractivity (Wildman–Crippen MR) is 155 cm³/mol. The highest BCUT2D eigenvalue weighted by atomic mass is 32.9. The van der Waals surface area contributed by atoms with Crippen LogP contribution in [0.5, 0.6) is 0 Å². The Hall–Kier alpha value is -0.593. The molecule has 1 aromatic heterocycles. The Bertz CT molecular complexity index is 1240. The van der Waals surface area contributed by atoms with Gasteiger partial charge in [0.1, 0.15) is 12.2 Å². The van der Waals surface area contributed by atoms with Gasteiger partial charge < -0.3 is 18.2 Å². The van der Waals surface area contributed by atoms with E-state index < -0.39 is 49.9 Å². The van der Waals surface area contributed by atoms with Gasteiger partial charge in [-0.2, -0.15) is 0 Å². The number of nitrogens with one attached hydrogen (secondary N) is 1. The first-order valence-electron chi connectivity index (χ1n) is 13.0. The standard InChI is InChI=1S/C25H40FN2O6PS2Si/c1-15(2)16-9-11-25(6)18(13-16)33-35(36,37-25)34-21-17(14-31-38(7,8)24(3,4)5)32-22(20(21)26)28-12-10-19(29)27-23(28)30/h10,12,16-18,20-22H,1,9,11,13-14H2,2-8H3,(H,27,29,30)/t16-,17-,18+,20-,21-,22-,25+,35-/m1/s1. The van der Waals surface area contributed by atoms with Crippen LogP contribution in [0, 0.1) is 5.92 Å². The fraction of sp³-hybridized carbons (Fsp3) is 0.760. The number of rotatable bonds is 7. The van der Waals surface area contributed by atoms with Crippen molar-refractivity contribution < 1.29 is 22.6 Å². The number of halogens is 1. The van der Waals surface area contributed by atoms with E-state index in [1.54, 1.807) is 0 Å². The number of aromatic nitrogens is 2. The number of hydrogen-bond donors (Lipinski definition) is 1. The van der Waals surface area contributed by atoms with Crippen molar-refractivity contribution in [3.05, 3.63) is 45.3 Å². The Balaban J connectivity index is 1.59. The van der Waals surface area contributed by atoms with Gasteiger partial charge in [0.15, 0.2) is 20.7 Å². The lowest BCUT2D eigenvalue weighted by atomic mass is 9.77. The lowest BCUT2D eigenvalue weighted by Crippen LogP contribution is -2.44. The number of ether oxygens (including phenoxy) is 1. The van der Waals surface area contributed by atoms with E-state index in [1.807, 2.05) is 6.92 Å². The molecule has 0 unspecified atom stereocenters. The maximum atomic E-state index is 16.1. The zero-order valence-corrected chi connectivity index (χ0v) is 26.7. The topological polar surface area (TPSA) is 91.8 Å². The Morgan fingerprint density at radius 3 is 2.71 bits per heavy atom. The molecular formula is C25H40FN2O6PS2Si. The third-order valence-electron chi connectivity index (χ3n) is 8.50. The Kier molecular flexibility index (Phi) is 8.53. The summed E-state index contributed by atoms with van der Waals surface area (Å²) in [7, 11) is -2.20. The first-order valence-corrected chi connectivity index (χ1v) is 20.0. The van der Waals surface area contributed by atoms with Gasteiger partial charge >= 0.3 is 5.69 Å². The molecule has 0 bridgehead atoms. The maximum Gasteiger partial charge on any atom is 0.330 e. The Morgan fingerprint density at radius 1 is 1.42 bits per heavy atom. The molecule has 8 atom stereocenters. The molecule has 0 spiro atoms. The molecular weight excluding hydrogens is 566 g/mol. The zero-order chi connectivity index (χ0) is 28.3. The number of allylic oxidation sites excluding steroid dienone is 1. The minimum absolute atomic E-state index is 0.0624. The highest BCUT2D eigenvalue weighted by molar-refractivity contribution is 8.68. The van der Waals surface area contributed by atoms with E-state index >= 15 is 4.39 Å². The molecule has 1 saturated carbocycles. The highest BCUT2D eigenvalue weighted by Gasteiger charge is 2.57. The predicted octanol–water partition coefficient (Wildman–Crippen LogP) is 5.67. The molecule has 0 amide bonds. The SMILES string of the molecule is C=C(C)[C@@H]1CC[C@]2(C)S[P@@](=S)(O[C@H]3[C@@H](F)[C@H](n4ccc(=O)[nH]c4=O)O[C@@H]3CO[Si](C)(C)C(C)(C)C)O[C@H]2C1. The van der Waals surface area contributed by atoms with Crippen molar-refractivity contribution in [3.8, 4) is 0 Å². The van der Waals surface area contributed by atoms with Gasteiger partial charge in [0.05, 0.1) is 12.7 Å². The molecule has 3 aliphatic rings. The number of alkyl halides is 1. The van der Waals surface area contributed by atoms with Crippen molar-refractivity contribution in [2.24, 2.45) is 5.92 Å². The van der Waals surface area contributed by atoms with E-state index in [4.69, 9.17) is 30.0 Å². The van der Waals surface area contributed by atoms with Gasteiger partial charge in [-0.25, -0.2) is 9.18 Å². The fourth-order valence-electron chi connectivity index (χ4n) is 4.89. The molecule has 1 aliphatic carbocycles. The van der Waals surface area contributed by atoms with Gasteiger partial charge in [-0.3, -0.25) is 14.3 Å². The molecule has 38 heavy (non-hydrogen) atoms. The minimum Gasteiger partial charge on any atom is -0.414 e. The van der Waals surface area contributed by atoms with Gasteiger partial charge in [-0.05, 0) is 69.0 Å². The van der Waals surface area contributed by atoms with Gasteiger partial charge in [0.25, 0.3) is 5.56 Å². The number of aromatic amines is 1. The number of fused-ring (bicyclic) bond motifs is 1. The van der Waals surface area contributed by atoms with E-state index in [1.165, 1.54) is 17.6 Å². The second-order valence-electron chi connectivity index (χ2n) is 12.4. The van der Waals surface area contributed by atoms with E-state index in [-0.39, 0.29) is 22.5 Å². The maximum absolute atomic E-state index is 16.1. The zero-order valence-electron chi connectivity index (χ0n) is 23.2. The van der Waals surface area contributed by atoms with Crippen LogP contribution in [0.25, 0.3) is 0 Å². The molecule has 1 N–H and O–H groups in total. The molecule has 3 heterocycles. The van der Waals surface area contributed by atoms with Crippen LogP contribution in [0.3, 0.4) is 0 Å². The van der Waals surface area contributed by atoms with Gasteiger partial charge in [0.2, 0.25) is 5.69 Å². The summed E-state index contributed by atoms with van der Waals surface area (Å²) in [5.41, 5.74) is -3.14. The Labute approximate surface area is 234 Å². The van der Waals surface area contributed by atoms with Gasteiger partial charge in [-0.1, -0.05) is 44.3 Å². The van der Waals surface area contributed by atoms with E-state index in [0.29, 0.717) is 5.92 Å². The van der Waals surface area contributed by atoms with Crippen LogP contribution < -0.4 is 11.2 Å².